The zero-order valence-corrected chi connectivity index (χ0v) is 16.2. The predicted molar refractivity (Wildman–Crippen MR) is 109 cm³/mol. The van der Waals surface area contributed by atoms with E-state index in [0.29, 0.717) is 28.0 Å². The number of benzene rings is 1. The molecule has 0 fully saturated rings. The van der Waals surface area contributed by atoms with E-state index in [2.05, 4.69) is 15.1 Å². The molecule has 0 N–H and O–H groups in total. The molecule has 0 atom stereocenters. The summed E-state index contributed by atoms with van der Waals surface area (Å²) in [5.74, 6) is -0.997. The number of carbonyl (C=O) groups is 3. The number of rotatable bonds is 3. The van der Waals surface area contributed by atoms with Crippen molar-refractivity contribution in [2.24, 2.45) is 7.05 Å². The van der Waals surface area contributed by atoms with Gasteiger partial charge in [0.25, 0.3) is 11.8 Å². The van der Waals surface area contributed by atoms with Gasteiger partial charge in [-0.2, -0.15) is 5.10 Å². The summed E-state index contributed by atoms with van der Waals surface area (Å²) in [5, 5.41) is 5.04. The molecule has 0 radical (unpaired) electrons. The van der Waals surface area contributed by atoms with Crippen molar-refractivity contribution < 1.29 is 14.4 Å². The molecular weight excluding hydrogens is 382 g/mol. The van der Waals surface area contributed by atoms with Crippen LogP contribution in [-0.4, -0.2) is 37.3 Å². The number of pyridine rings is 2. The molecule has 146 valence electrons. The Morgan fingerprint density at radius 3 is 2.43 bits per heavy atom. The van der Waals surface area contributed by atoms with Gasteiger partial charge in [0, 0.05) is 36.8 Å². The molecule has 5 rings (SSSR count). The highest BCUT2D eigenvalue weighted by molar-refractivity contribution is 6.38. The minimum atomic E-state index is -0.457. The van der Waals surface area contributed by atoms with Crippen LogP contribution in [0.5, 0.6) is 0 Å². The van der Waals surface area contributed by atoms with E-state index in [1.165, 1.54) is 13.1 Å². The molecule has 0 bridgehead atoms. The van der Waals surface area contributed by atoms with Gasteiger partial charge >= 0.3 is 0 Å². The van der Waals surface area contributed by atoms with Gasteiger partial charge < -0.3 is 0 Å². The van der Waals surface area contributed by atoms with Crippen LogP contribution in [0.2, 0.25) is 0 Å². The Bertz CT molecular complexity index is 1360. The molecule has 1 aliphatic rings. The number of Topliss-reactive ketones (excluding diaryl/α,β-unsaturated/α-hetero) is 1. The second-order valence-corrected chi connectivity index (χ2v) is 7.01. The normalized spacial score (nSPS) is 13.2. The molecule has 0 saturated carbocycles. The van der Waals surface area contributed by atoms with Crippen LogP contribution < -0.4 is 4.90 Å². The monoisotopic (exact) mass is 397 g/mol. The third kappa shape index (κ3) is 2.47. The van der Waals surface area contributed by atoms with Gasteiger partial charge in [0.05, 0.1) is 22.2 Å². The number of fused-ring (bicyclic) bond motifs is 3. The predicted octanol–water partition coefficient (Wildman–Crippen LogP) is 3.03. The summed E-state index contributed by atoms with van der Waals surface area (Å²) >= 11 is 0. The lowest BCUT2D eigenvalue weighted by Gasteiger charge is -2.14. The minimum Gasteiger partial charge on any atom is -0.295 e. The van der Waals surface area contributed by atoms with Gasteiger partial charge in [-0.25, -0.2) is 14.6 Å². The molecule has 4 heterocycles. The molecule has 8 heteroatoms. The van der Waals surface area contributed by atoms with E-state index in [4.69, 9.17) is 0 Å². The molecule has 2 amide bonds. The summed E-state index contributed by atoms with van der Waals surface area (Å²) in [7, 11) is 1.74. The summed E-state index contributed by atoms with van der Waals surface area (Å²) in [4.78, 5) is 47.6. The van der Waals surface area contributed by atoms with Gasteiger partial charge in [-0.1, -0.05) is 0 Å². The van der Waals surface area contributed by atoms with Crippen molar-refractivity contribution >= 4 is 34.3 Å². The SMILES string of the molecule is CC(=O)c1ccc(N2C(=O)c3cnc4c(c(-c5cccnc5)nn4C)c3C2=O)cc1. The second-order valence-electron chi connectivity index (χ2n) is 7.01. The van der Waals surface area contributed by atoms with Crippen LogP contribution in [0.4, 0.5) is 5.69 Å². The summed E-state index contributed by atoms with van der Waals surface area (Å²) in [5.41, 5.74) is 3.16. The number of hydrogen-bond acceptors (Lipinski definition) is 6. The van der Waals surface area contributed by atoms with E-state index < -0.39 is 11.8 Å². The number of amides is 2. The fourth-order valence-electron chi connectivity index (χ4n) is 3.71. The Hall–Kier alpha value is -4.20. The van der Waals surface area contributed by atoms with Crippen LogP contribution in [0.3, 0.4) is 0 Å². The molecule has 0 aliphatic carbocycles. The summed E-state index contributed by atoms with van der Waals surface area (Å²) in [6, 6.07) is 10.00. The molecule has 1 aliphatic heterocycles. The van der Waals surface area contributed by atoms with E-state index in [1.54, 1.807) is 54.5 Å². The van der Waals surface area contributed by atoms with Gasteiger partial charge in [0.15, 0.2) is 11.4 Å². The Morgan fingerprint density at radius 1 is 1.00 bits per heavy atom. The quantitative estimate of drug-likeness (QED) is 0.389. The molecule has 0 spiro atoms. The lowest BCUT2D eigenvalue weighted by atomic mass is 10.0. The molecule has 0 unspecified atom stereocenters. The van der Waals surface area contributed by atoms with E-state index >= 15 is 0 Å². The number of aryl methyl sites for hydroxylation is 1. The maximum Gasteiger partial charge on any atom is 0.267 e. The largest absolute Gasteiger partial charge is 0.295 e. The molecular formula is C22H15N5O3. The van der Waals surface area contributed by atoms with Crippen molar-refractivity contribution in [2.75, 3.05) is 4.90 Å². The maximum absolute atomic E-state index is 13.4. The number of nitrogens with zero attached hydrogens (tertiary/aromatic N) is 5. The third-order valence-electron chi connectivity index (χ3n) is 5.17. The van der Waals surface area contributed by atoms with E-state index in [0.717, 1.165) is 10.5 Å². The number of carbonyl (C=O) groups excluding carboxylic acids is 3. The average molecular weight is 397 g/mol. The fourth-order valence-corrected chi connectivity index (χ4v) is 3.71. The minimum absolute atomic E-state index is 0.0914. The molecule has 30 heavy (non-hydrogen) atoms. The Kier molecular flexibility index (Phi) is 3.82. The zero-order chi connectivity index (χ0) is 21.0. The van der Waals surface area contributed by atoms with Crippen molar-refractivity contribution in [1.82, 2.24) is 19.7 Å². The van der Waals surface area contributed by atoms with Crippen LogP contribution in [-0.2, 0) is 7.05 Å². The first kappa shape index (κ1) is 17.9. The van der Waals surface area contributed by atoms with E-state index in [1.807, 2.05) is 6.07 Å². The molecule has 8 nitrogen and oxygen atoms in total. The number of imide groups is 1. The first-order chi connectivity index (χ1) is 14.5. The first-order valence-corrected chi connectivity index (χ1v) is 9.23. The number of hydrogen-bond donors (Lipinski definition) is 0. The standard InChI is InChI=1S/C22H15N5O3/c1-12(28)13-5-7-15(8-6-13)27-21(29)16-11-24-20-18(17(16)22(27)30)19(25-26(20)2)14-4-3-9-23-10-14/h3-11H,1-2H3. The second kappa shape index (κ2) is 6.41. The van der Waals surface area contributed by atoms with Crippen molar-refractivity contribution in [3.8, 4) is 11.3 Å². The van der Waals surface area contributed by atoms with Gasteiger partial charge in [0.1, 0.15) is 5.69 Å². The van der Waals surface area contributed by atoms with Crippen molar-refractivity contribution in [1.29, 1.82) is 0 Å². The van der Waals surface area contributed by atoms with Crippen LogP contribution >= 0.6 is 0 Å². The van der Waals surface area contributed by atoms with Gasteiger partial charge in [-0.3, -0.25) is 19.4 Å². The molecule has 1 aromatic carbocycles. The molecule has 4 aromatic rings. The first-order valence-electron chi connectivity index (χ1n) is 9.23. The fraction of sp³-hybridized carbons (Fsp3) is 0.0909. The van der Waals surface area contributed by atoms with E-state index in [9.17, 15) is 14.4 Å². The third-order valence-corrected chi connectivity index (χ3v) is 5.17. The maximum atomic E-state index is 13.4. The van der Waals surface area contributed by atoms with Gasteiger partial charge in [-0.15, -0.1) is 0 Å². The number of ketones is 1. The molecule has 3 aromatic heterocycles. The highest BCUT2D eigenvalue weighted by Gasteiger charge is 2.40. The Morgan fingerprint density at radius 2 is 1.77 bits per heavy atom. The number of aromatic nitrogens is 4. The van der Waals surface area contributed by atoms with Gasteiger partial charge in [0.2, 0.25) is 0 Å². The lowest BCUT2D eigenvalue weighted by Crippen LogP contribution is -2.29. The summed E-state index contributed by atoms with van der Waals surface area (Å²) in [6.07, 6.45) is 4.72. The van der Waals surface area contributed by atoms with Gasteiger partial charge in [-0.05, 0) is 43.3 Å². The van der Waals surface area contributed by atoms with Crippen LogP contribution in [0, 0.1) is 0 Å². The highest BCUT2D eigenvalue weighted by atomic mass is 16.2. The van der Waals surface area contributed by atoms with Crippen LogP contribution in [0.15, 0.2) is 55.0 Å². The summed E-state index contributed by atoms with van der Waals surface area (Å²) in [6.45, 7) is 1.46. The van der Waals surface area contributed by atoms with Crippen LogP contribution in [0.25, 0.3) is 22.3 Å². The van der Waals surface area contributed by atoms with Crippen LogP contribution in [0.1, 0.15) is 38.0 Å². The van der Waals surface area contributed by atoms with E-state index in [-0.39, 0.29) is 16.9 Å². The Labute approximate surface area is 170 Å². The average Bonchev–Trinajstić information content (AvgIpc) is 3.23. The summed E-state index contributed by atoms with van der Waals surface area (Å²) < 4.78 is 1.58. The van der Waals surface area contributed by atoms with Crippen molar-refractivity contribution in [3.05, 3.63) is 71.7 Å². The molecule has 0 saturated heterocycles. The Balaban J connectivity index is 1.71. The smallest absolute Gasteiger partial charge is 0.267 e. The highest BCUT2D eigenvalue weighted by Crippen LogP contribution is 2.36. The zero-order valence-electron chi connectivity index (χ0n) is 16.2. The lowest BCUT2D eigenvalue weighted by molar-refractivity contribution is 0.0925. The van der Waals surface area contributed by atoms with Crippen molar-refractivity contribution in [2.45, 2.75) is 6.92 Å². The van der Waals surface area contributed by atoms with Crippen molar-refractivity contribution in [3.63, 3.8) is 0 Å². The number of anilines is 1. The topological polar surface area (TPSA) is 98.1 Å².